The smallest absolute Gasteiger partial charge is 0.293 e. The van der Waals surface area contributed by atoms with Crippen molar-refractivity contribution in [3.63, 3.8) is 0 Å². The number of rotatable bonds is 1. The minimum Gasteiger partial charge on any atom is -0.354 e. The molecule has 2 heterocycles. The van der Waals surface area contributed by atoms with Gasteiger partial charge in [-0.3, -0.25) is 14.7 Å². The van der Waals surface area contributed by atoms with Crippen LogP contribution in [0.25, 0.3) is 0 Å². The number of aromatic amines is 1. The largest absolute Gasteiger partial charge is 0.354 e. The van der Waals surface area contributed by atoms with Gasteiger partial charge in [-0.25, -0.2) is 4.98 Å². The quantitative estimate of drug-likeness (QED) is 0.644. The molecule has 0 aliphatic carbocycles. The molecule has 0 saturated carbocycles. The Balaban J connectivity index is 2.06. The molecule has 0 atom stereocenters. The normalized spacial score (nSPS) is 16.8. The summed E-state index contributed by atoms with van der Waals surface area (Å²) in [6.07, 6.45) is 0.329. The van der Waals surface area contributed by atoms with Crippen LogP contribution in [0.1, 0.15) is 22.9 Å². The number of nitrogens with one attached hydrogen (secondary N) is 2. The second-order valence-corrected chi connectivity index (χ2v) is 3.64. The van der Waals surface area contributed by atoms with Crippen LogP contribution in [0.3, 0.4) is 0 Å². The third-order valence-electron chi connectivity index (χ3n) is 2.39. The summed E-state index contributed by atoms with van der Waals surface area (Å²) < 4.78 is 0. The summed E-state index contributed by atoms with van der Waals surface area (Å²) in [5.74, 6) is 0.501. The fourth-order valence-corrected chi connectivity index (χ4v) is 1.55. The molecule has 2 amide bonds. The zero-order chi connectivity index (χ0) is 11.5. The average molecular weight is 223 g/mol. The summed E-state index contributed by atoms with van der Waals surface area (Å²) in [7, 11) is 0. The number of hydrogen-bond donors (Lipinski definition) is 2. The van der Waals surface area contributed by atoms with E-state index in [-0.39, 0.29) is 17.6 Å². The highest BCUT2D eigenvalue weighted by Crippen LogP contribution is 2.02. The molecule has 0 unspecified atom stereocenters. The van der Waals surface area contributed by atoms with Gasteiger partial charge in [0.2, 0.25) is 11.7 Å². The van der Waals surface area contributed by atoms with Crippen molar-refractivity contribution in [3.8, 4) is 0 Å². The van der Waals surface area contributed by atoms with Gasteiger partial charge in [-0.15, -0.1) is 5.10 Å². The monoisotopic (exact) mass is 223 g/mol. The number of carbonyl (C=O) groups excluding carboxylic acids is 2. The lowest BCUT2D eigenvalue weighted by atomic mass is 10.3. The molecule has 16 heavy (non-hydrogen) atoms. The Bertz CT molecular complexity index is 414. The Morgan fingerprint density at radius 1 is 1.44 bits per heavy atom. The number of hydrogen-bond acceptors (Lipinski definition) is 4. The minimum absolute atomic E-state index is 0.0264. The third kappa shape index (κ3) is 2.18. The number of nitrogens with zero attached hydrogens (tertiary/aromatic N) is 3. The fraction of sp³-hybridized carbons (Fsp3) is 0.556. The minimum atomic E-state index is -0.235. The van der Waals surface area contributed by atoms with Gasteiger partial charge in [0, 0.05) is 26.1 Å². The van der Waals surface area contributed by atoms with Crippen molar-refractivity contribution in [2.75, 3.05) is 19.6 Å². The van der Waals surface area contributed by atoms with E-state index in [1.165, 1.54) is 0 Å². The van der Waals surface area contributed by atoms with E-state index in [4.69, 9.17) is 0 Å². The summed E-state index contributed by atoms with van der Waals surface area (Å²) in [6.45, 7) is 3.13. The molecule has 0 spiro atoms. The van der Waals surface area contributed by atoms with Gasteiger partial charge in [0.05, 0.1) is 0 Å². The maximum atomic E-state index is 11.9. The lowest BCUT2D eigenvalue weighted by molar-refractivity contribution is -0.120. The first-order valence-electron chi connectivity index (χ1n) is 5.12. The van der Waals surface area contributed by atoms with Crippen LogP contribution in [0.2, 0.25) is 0 Å². The van der Waals surface area contributed by atoms with Crippen molar-refractivity contribution in [2.45, 2.75) is 13.3 Å². The lowest BCUT2D eigenvalue weighted by Gasteiger charge is -2.17. The van der Waals surface area contributed by atoms with Gasteiger partial charge in [0.15, 0.2) is 0 Å². The van der Waals surface area contributed by atoms with Crippen LogP contribution < -0.4 is 5.32 Å². The van der Waals surface area contributed by atoms with E-state index in [0.29, 0.717) is 31.9 Å². The molecule has 0 aromatic carbocycles. The summed E-state index contributed by atoms with van der Waals surface area (Å²) >= 11 is 0. The van der Waals surface area contributed by atoms with E-state index in [1.54, 1.807) is 11.8 Å². The molecule has 1 saturated heterocycles. The van der Waals surface area contributed by atoms with Gasteiger partial charge in [-0.05, 0) is 6.92 Å². The average Bonchev–Trinajstić information content (AvgIpc) is 2.57. The molecular weight excluding hydrogens is 210 g/mol. The van der Waals surface area contributed by atoms with Crippen LogP contribution >= 0.6 is 0 Å². The molecule has 1 aliphatic rings. The Hall–Kier alpha value is -1.92. The van der Waals surface area contributed by atoms with Crippen molar-refractivity contribution >= 4 is 11.8 Å². The molecular formula is C9H13N5O2. The summed E-state index contributed by atoms with van der Waals surface area (Å²) in [5.41, 5.74) is 0. The predicted molar refractivity (Wildman–Crippen MR) is 54.6 cm³/mol. The Kier molecular flexibility index (Phi) is 2.84. The van der Waals surface area contributed by atoms with Gasteiger partial charge in [0.1, 0.15) is 5.82 Å². The van der Waals surface area contributed by atoms with E-state index in [9.17, 15) is 9.59 Å². The Labute approximate surface area is 92.2 Å². The maximum Gasteiger partial charge on any atom is 0.293 e. The van der Waals surface area contributed by atoms with Crippen molar-refractivity contribution in [2.24, 2.45) is 0 Å². The highest BCUT2D eigenvalue weighted by molar-refractivity contribution is 5.91. The highest BCUT2D eigenvalue weighted by Gasteiger charge is 2.22. The Morgan fingerprint density at radius 2 is 2.25 bits per heavy atom. The molecule has 7 heteroatoms. The number of amides is 2. The van der Waals surface area contributed by atoms with E-state index < -0.39 is 0 Å². The topological polar surface area (TPSA) is 91.0 Å². The molecule has 1 fully saturated rings. The van der Waals surface area contributed by atoms with Gasteiger partial charge >= 0.3 is 0 Å². The van der Waals surface area contributed by atoms with Crippen LogP contribution in [0.5, 0.6) is 0 Å². The molecule has 86 valence electrons. The maximum absolute atomic E-state index is 11.9. The van der Waals surface area contributed by atoms with Gasteiger partial charge in [-0.2, -0.15) is 0 Å². The molecule has 1 aliphatic heterocycles. The number of aromatic nitrogens is 3. The standard InChI is InChI=1S/C9H13N5O2/c1-6-11-8(13-12-6)9(16)14-4-2-7(15)10-3-5-14/h2-5H2,1H3,(H,10,15)(H,11,12,13). The highest BCUT2D eigenvalue weighted by atomic mass is 16.2. The first-order chi connectivity index (χ1) is 7.66. The van der Waals surface area contributed by atoms with E-state index in [2.05, 4.69) is 20.5 Å². The summed E-state index contributed by atoms with van der Waals surface area (Å²) in [5, 5.41) is 9.13. The molecule has 0 bridgehead atoms. The van der Waals surface area contributed by atoms with Crippen LogP contribution in [-0.4, -0.2) is 51.5 Å². The van der Waals surface area contributed by atoms with Gasteiger partial charge in [0.25, 0.3) is 5.91 Å². The SMILES string of the molecule is Cc1nc(C(=O)N2CCNC(=O)CC2)n[nH]1. The first-order valence-corrected chi connectivity index (χ1v) is 5.12. The van der Waals surface area contributed by atoms with Crippen LogP contribution in [0.15, 0.2) is 0 Å². The zero-order valence-electron chi connectivity index (χ0n) is 8.99. The molecule has 2 N–H and O–H groups in total. The molecule has 1 aromatic rings. The van der Waals surface area contributed by atoms with Crippen LogP contribution in [0, 0.1) is 6.92 Å². The van der Waals surface area contributed by atoms with Gasteiger partial charge < -0.3 is 10.2 Å². The second kappa shape index (κ2) is 4.30. The number of carbonyl (C=O) groups is 2. The first kappa shape index (κ1) is 10.6. The van der Waals surface area contributed by atoms with Crippen molar-refractivity contribution < 1.29 is 9.59 Å². The van der Waals surface area contributed by atoms with Crippen molar-refractivity contribution in [3.05, 3.63) is 11.6 Å². The van der Waals surface area contributed by atoms with Crippen molar-refractivity contribution in [1.29, 1.82) is 0 Å². The van der Waals surface area contributed by atoms with Crippen LogP contribution in [-0.2, 0) is 4.79 Å². The summed E-state index contributed by atoms with van der Waals surface area (Å²) in [4.78, 5) is 28.6. The molecule has 1 aromatic heterocycles. The zero-order valence-corrected chi connectivity index (χ0v) is 8.99. The van der Waals surface area contributed by atoms with E-state index in [0.717, 1.165) is 0 Å². The summed E-state index contributed by atoms with van der Waals surface area (Å²) in [6, 6.07) is 0. The van der Waals surface area contributed by atoms with Gasteiger partial charge in [-0.1, -0.05) is 0 Å². The predicted octanol–water partition coefficient (Wildman–Crippen LogP) is -0.925. The van der Waals surface area contributed by atoms with E-state index >= 15 is 0 Å². The number of H-pyrrole nitrogens is 1. The fourth-order valence-electron chi connectivity index (χ4n) is 1.55. The Morgan fingerprint density at radius 3 is 2.94 bits per heavy atom. The molecule has 0 radical (unpaired) electrons. The molecule has 2 rings (SSSR count). The second-order valence-electron chi connectivity index (χ2n) is 3.64. The third-order valence-corrected chi connectivity index (χ3v) is 2.39. The lowest BCUT2D eigenvalue weighted by Crippen LogP contribution is -2.34. The number of aryl methyl sites for hydroxylation is 1. The molecule has 7 nitrogen and oxygen atoms in total. The van der Waals surface area contributed by atoms with E-state index in [1.807, 2.05) is 0 Å². The van der Waals surface area contributed by atoms with Crippen molar-refractivity contribution in [1.82, 2.24) is 25.4 Å². The van der Waals surface area contributed by atoms with Crippen LogP contribution in [0.4, 0.5) is 0 Å².